The van der Waals surface area contributed by atoms with E-state index in [0.29, 0.717) is 29.9 Å². The summed E-state index contributed by atoms with van der Waals surface area (Å²) in [6.07, 6.45) is 1.80. The number of halogens is 1. The van der Waals surface area contributed by atoms with Gasteiger partial charge in [0.25, 0.3) is 0 Å². The molecule has 0 radical (unpaired) electrons. The van der Waals surface area contributed by atoms with Gasteiger partial charge in [0.1, 0.15) is 29.2 Å². The predicted octanol–water partition coefficient (Wildman–Crippen LogP) is 5.03. The lowest BCUT2D eigenvalue weighted by Gasteiger charge is -2.31. The Morgan fingerprint density at radius 2 is 1.95 bits per heavy atom. The molecule has 1 saturated heterocycles. The number of carbonyl (C=O) groups is 2. The molecule has 2 fully saturated rings. The van der Waals surface area contributed by atoms with Crippen LogP contribution in [0.4, 0.5) is 19.8 Å². The number of imidazole rings is 1. The average molecular weight is 592 g/mol. The van der Waals surface area contributed by atoms with Crippen LogP contribution in [0.3, 0.4) is 0 Å². The molecular weight excluding hydrogens is 557 g/mol. The quantitative estimate of drug-likeness (QED) is 0.394. The summed E-state index contributed by atoms with van der Waals surface area (Å²) in [5.41, 5.74) is 0.437. The lowest BCUT2D eigenvalue weighted by atomic mass is 10.1. The number of hydrogen-bond donors (Lipinski definition) is 1. The van der Waals surface area contributed by atoms with E-state index >= 15 is 4.39 Å². The van der Waals surface area contributed by atoms with Gasteiger partial charge < -0.3 is 19.1 Å². The van der Waals surface area contributed by atoms with Gasteiger partial charge in [-0.3, -0.25) is 9.80 Å². The molecule has 2 aromatic heterocycles. The fraction of sp³-hybridized carbons (Fsp3) is 0.500. The van der Waals surface area contributed by atoms with Crippen molar-refractivity contribution in [3.8, 4) is 17.9 Å². The van der Waals surface area contributed by atoms with Crippen LogP contribution in [0.1, 0.15) is 82.4 Å². The molecule has 2 aliphatic rings. The van der Waals surface area contributed by atoms with Crippen molar-refractivity contribution in [2.24, 2.45) is 0 Å². The van der Waals surface area contributed by atoms with Crippen molar-refractivity contribution in [3.05, 3.63) is 41.1 Å². The first-order chi connectivity index (χ1) is 20.5. The number of methoxy groups -OCH3 is 1. The Balaban J connectivity index is 1.63. The SMILES string of the molecule is CCN(C(=O)OC(C)(C)C)c1c(C#N)c(C#Cc2cc3ncn(C4CC4)c3cc2F)nn1C1CCC(COC)N1C(=O)O. The summed E-state index contributed by atoms with van der Waals surface area (Å²) in [7, 11) is 1.49. The Morgan fingerprint density at radius 1 is 1.21 bits per heavy atom. The van der Waals surface area contributed by atoms with Crippen molar-refractivity contribution < 1.29 is 28.6 Å². The number of carboxylic acid groups (broad SMARTS) is 1. The number of nitriles is 1. The van der Waals surface area contributed by atoms with Crippen LogP contribution in [0.5, 0.6) is 0 Å². The predicted molar refractivity (Wildman–Crippen MR) is 154 cm³/mol. The normalized spacial score (nSPS) is 18.3. The molecule has 2 atom stereocenters. The maximum Gasteiger partial charge on any atom is 0.416 e. The molecule has 5 rings (SSSR count). The third kappa shape index (κ3) is 5.86. The first-order valence-electron chi connectivity index (χ1n) is 14.2. The van der Waals surface area contributed by atoms with Crippen LogP contribution < -0.4 is 4.90 Å². The number of hydrogen-bond acceptors (Lipinski definition) is 7. The fourth-order valence-corrected chi connectivity index (χ4v) is 5.42. The molecule has 43 heavy (non-hydrogen) atoms. The van der Waals surface area contributed by atoms with Gasteiger partial charge in [-0.05, 0) is 65.4 Å². The van der Waals surface area contributed by atoms with Crippen molar-refractivity contribution >= 4 is 29.0 Å². The highest BCUT2D eigenvalue weighted by atomic mass is 19.1. The van der Waals surface area contributed by atoms with Gasteiger partial charge in [-0.2, -0.15) is 10.4 Å². The van der Waals surface area contributed by atoms with E-state index in [0.717, 1.165) is 12.8 Å². The number of aromatic nitrogens is 4. The number of nitrogens with zero attached hydrogens (tertiary/aromatic N) is 7. The summed E-state index contributed by atoms with van der Waals surface area (Å²) in [4.78, 5) is 32.6. The molecule has 1 N–H and O–H groups in total. The zero-order chi connectivity index (χ0) is 31.1. The first kappa shape index (κ1) is 29.9. The second-order valence-corrected chi connectivity index (χ2v) is 11.6. The number of ether oxygens (including phenoxy) is 2. The average Bonchev–Trinajstić information content (AvgIpc) is 3.40. The van der Waals surface area contributed by atoms with Crippen molar-refractivity contribution in [1.29, 1.82) is 5.26 Å². The minimum absolute atomic E-state index is 0.0250. The number of benzene rings is 1. The standard InChI is InChI=1S/C30H34FN7O5/c1-6-35(29(41)43-30(2,3)4)27-21(15-32)23(34-38(27)26-12-10-20(16-42-5)37(26)28(39)40)11-7-18-13-24-25(14-22(18)31)36(17-33-24)19-8-9-19/h13-14,17,19-20,26H,6,8-10,12,16H2,1-5H3,(H,39,40). The molecule has 3 heterocycles. The van der Waals surface area contributed by atoms with Crippen LogP contribution in [0.25, 0.3) is 11.0 Å². The number of likely N-dealkylation sites (tertiary alicyclic amines) is 1. The van der Waals surface area contributed by atoms with Gasteiger partial charge in [0, 0.05) is 25.8 Å². The number of amides is 2. The Bertz CT molecular complexity index is 1670. The van der Waals surface area contributed by atoms with Crippen molar-refractivity contribution in [1.82, 2.24) is 24.2 Å². The van der Waals surface area contributed by atoms with Gasteiger partial charge in [-0.1, -0.05) is 5.92 Å². The molecule has 1 aromatic carbocycles. The van der Waals surface area contributed by atoms with Gasteiger partial charge in [0.2, 0.25) is 0 Å². The van der Waals surface area contributed by atoms with E-state index in [1.807, 2.05) is 4.57 Å². The van der Waals surface area contributed by atoms with Crippen LogP contribution in [0, 0.1) is 29.0 Å². The van der Waals surface area contributed by atoms with E-state index in [-0.39, 0.29) is 35.8 Å². The topological polar surface area (TPSA) is 139 Å². The van der Waals surface area contributed by atoms with Gasteiger partial charge in [-0.25, -0.2) is 23.6 Å². The molecule has 2 unspecified atom stereocenters. The monoisotopic (exact) mass is 591 g/mol. The van der Waals surface area contributed by atoms with Crippen LogP contribution in [-0.2, 0) is 9.47 Å². The van der Waals surface area contributed by atoms with Crippen LogP contribution >= 0.6 is 0 Å². The Morgan fingerprint density at radius 3 is 2.56 bits per heavy atom. The van der Waals surface area contributed by atoms with E-state index in [9.17, 15) is 20.0 Å². The third-order valence-electron chi connectivity index (χ3n) is 7.44. The number of anilines is 1. The molecule has 0 bridgehead atoms. The van der Waals surface area contributed by atoms with Crippen molar-refractivity contribution in [2.45, 2.75) is 77.2 Å². The third-order valence-corrected chi connectivity index (χ3v) is 7.44. The first-order valence-corrected chi connectivity index (χ1v) is 14.2. The van der Waals surface area contributed by atoms with E-state index in [2.05, 4.69) is 28.0 Å². The summed E-state index contributed by atoms with van der Waals surface area (Å²) in [5, 5.41) is 25.0. The van der Waals surface area contributed by atoms with Gasteiger partial charge in [0.05, 0.1) is 35.6 Å². The Kier molecular flexibility index (Phi) is 8.04. The van der Waals surface area contributed by atoms with Gasteiger partial charge >= 0.3 is 12.2 Å². The molecule has 226 valence electrons. The molecule has 1 aliphatic carbocycles. The molecule has 12 nitrogen and oxygen atoms in total. The van der Waals surface area contributed by atoms with Crippen molar-refractivity contribution in [3.63, 3.8) is 0 Å². The van der Waals surface area contributed by atoms with E-state index in [4.69, 9.17) is 9.47 Å². The molecular formula is C30H34FN7O5. The summed E-state index contributed by atoms with van der Waals surface area (Å²) >= 11 is 0. The zero-order valence-electron chi connectivity index (χ0n) is 24.8. The van der Waals surface area contributed by atoms with Crippen LogP contribution in [0.15, 0.2) is 18.5 Å². The highest BCUT2D eigenvalue weighted by molar-refractivity contribution is 5.89. The maximum absolute atomic E-state index is 15.2. The van der Waals surface area contributed by atoms with Gasteiger partial charge in [-0.15, -0.1) is 0 Å². The Hall–Kier alpha value is -4.62. The molecule has 0 spiro atoms. The molecule has 13 heteroatoms. The fourth-order valence-electron chi connectivity index (χ4n) is 5.42. The maximum atomic E-state index is 15.2. The number of fused-ring (bicyclic) bond motifs is 1. The minimum Gasteiger partial charge on any atom is -0.465 e. The second kappa shape index (κ2) is 11.6. The molecule has 1 aliphatic heterocycles. The minimum atomic E-state index is -1.20. The van der Waals surface area contributed by atoms with E-state index in [1.54, 1.807) is 40.1 Å². The summed E-state index contributed by atoms with van der Waals surface area (Å²) < 4.78 is 29.3. The van der Waals surface area contributed by atoms with E-state index < -0.39 is 35.8 Å². The van der Waals surface area contributed by atoms with Crippen LogP contribution in [0.2, 0.25) is 0 Å². The summed E-state index contributed by atoms with van der Waals surface area (Å²) in [6.45, 7) is 7.12. The largest absolute Gasteiger partial charge is 0.465 e. The Labute approximate surface area is 248 Å². The number of rotatable bonds is 6. The van der Waals surface area contributed by atoms with E-state index in [1.165, 1.54) is 27.7 Å². The van der Waals surface area contributed by atoms with Crippen molar-refractivity contribution in [2.75, 3.05) is 25.2 Å². The molecule has 1 saturated carbocycles. The smallest absolute Gasteiger partial charge is 0.416 e. The second-order valence-electron chi connectivity index (χ2n) is 11.6. The highest BCUT2D eigenvalue weighted by Gasteiger charge is 2.42. The lowest BCUT2D eigenvalue weighted by molar-refractivity contribution is 0.0569. The highest BCUT2D eigenvalue weighted by Crippen LogP contribution is 2.39. The van der Waals surface area contributed by atoms with Gasteiger partial charge in [0.15, 0.2) is 11.5 Å². The number of carbonyl (C=O) groups excluding carboxylic acids is 1. The summed E-state index contributed by atoms with van der Waals surface area (Å²) in [6, 6.07) is 4.92. The molecule has 2 amide bonds. The zero-order valence-corrected chi connectivity index (χ0v) is 24.8. The van der Waals surface area contributed by atoms with Crippen LogP contribution in [-0.4, -0.2) is 73.4 Å². The molecule has 3 aromatic rings. The lowest BCUT2D eigenvalue weighted by Crippen LogP contribution is -2.43. The summed E-state index contributed by atoms with van der Waals surface area (Å²) in [5.74, 6) is 5.10.